The second kappa shape index (κ2) is 5.80. The maximum absolute atomic E-state index is 12.2. The lowest BCUT2D eigenvalue weighted by molar-refractivity contribution is -0.122. The molecule has 2 rings (SSSR count). The molecule has 1 aromatic heterocycles. The Morgan fingerprint density at radius 2 is 2.14 bits per heavy atom. The molecule has 1 fully saturated rings. The van der Waals surface area contributed by atoms with Gasteiger partial charge in [-0.25, -0.2) is 4.68 Å². The summed E-state index contributed by atoms with van der Waals surface area (Å²) in [6.07, 6.45) is 1.63. The largest absolute Gasteiger partial charge is 0.350 e. The van der Waals surface area contributed by atoms with E-state index in [1.54, 1.807) is 17.9 Å². The highest BCUT2D eigenvalue weighted by molar-refractivity contribution is 5.94. The Morgan fingerprint density at radius 1 is 1.48 bits per heavy atom. The maximum atomic E-state index is 12.2. The topological polar surface area (TPSA) is 92.2 Å². The van der Waals surface area contributed by atoms with Gasteiger partial charge in [0.05, 0.1) is 18.8 Å². The quantitative estimate of drug-likeness (QED) is 0.774. The molecule has 21 heavy (non-hydrogen) atoms. The summed E-state index contributed by atoms with van der Waals surface area (Å²) in [4.78, 5) is 25.4. The highest BCUT2D eigenvalue weighted by atomic mass is 16.2. The molecule has 8 nitrogen and oxygen atoms in total. The number of aromatic nitrogens is 3. The zero-order valence-corrected chi connectivity index (χ0v) is 12.9. The van der Waals surface area contributed by atoms with Crippen molar-refractivity contribution < 1.29 is 9.59 Å². The normalized spacial score (nSPS) is 15.4. The van der Waals surface area contributed by atoms with Gasteiger partial charge in [-0.05, 0) is 20.8 Å². The average molecular weight is 294 g/mol. The van der Waals surface area contributed by atoms with Crippen molar-refractivity contribution in [3.05, 3.63) is 11.9 Å². The van der Waals surface area contributed by atoms with Gasteiger partial charge in [-0.15, -0.1) is 5.10 Å². The van der Waals surface area contributed by atoms with Crippen LogP contribution < -0.4 is 10.6 Å². The zero-order valence-electron chi connectivity index (χ0n) is 12.9. The Bertz CT molecular complexity index is 529. The first-order valence-electron chi connectivity index (χ1n) is 6.95. The summed E-state index contributed by atoms with van der Waals surface area (Å²) in [6, 6.07) is 0.258. The van der Waals surface area contributed by atoms with Crippen molar-refractivity contribution in [2.75, 3.05) is 26.7 Å². The van der Waals surface area contributed by atoms with Crippen LogP contribution in [-0.2, 0) is 4.79 Å². The van der Waals surface area contributed by atoms with Gasteiger partial charge in [0.15, 0.2) is 5.69 Å². The third kappa shape index (κ3) is 4.01. The summed E-state index contributed by atoms with van der Waals surface area (Å²) in [7, 11) is 1.58. The van der Waals surface area contributed by atoms with Gasteiger partial charge in [-0.1, -0.05) is 5.21 Å². The maximum Gasteiger partial charge on any atom is 0.276 e. The van der Waals surface area contributed by atoms with Crippen LogP contribution in [0.2, 0.25) is 0 Å². The number of amides is 2. The van der Waals surface area contributed by atoms with Crippen molar-refractivity contribution >= 4 is 11.8 Å². The van der Waals surface area contributed by atoms with Crippen LogP contribution in [0.15, 0.2) is 6.20 Å². The Labute approximate surface area is 123 Å². The molecule has 1 aliphatic heterocycles. The fourth-order valence-electron chi connectivity index (χ4n) is 1.95. The summed E-state index contributed by atoms with van der Waals surface area (Å²) in [5, 5.41) is 13.8. The first kappa shape index (κ1) is 15.4. The summed E-state index contributed by atoms with van der Waals surface area (Å²) in [6.45, 7) is 7.34. The Hall–Kier alpha value is -1.96. The van der Waals surface area contributed by atoms with Crippen LogP contribution >= 0.6 is 0 Å². The number of nitrogens with zero attached hydrogens (tertiary/aromatic N) is 4. The molecule has 2 heterocycles. The van der Waals surface area contributed by atoms with E-state index in [0.29, 0.717) is 0 Å². The molecule has 116 valence electrons. The minimum absolute atomic E-state index is 0.00600. The van der Waals surface area contributed by atoms with Gasteiger partial charge < -0.3 is 15.5 Å². The molecule has 0 saturated carbocycles. The number of likely N-dealkylation sites (N-methyl/N-ethyl adjacent to an activating group) is 1. The lowest BCUT2D eigenvalue weighted by Crippen LogP contribution is -2.46. The van der Waals surface area contributed by atoms with Crippen molar-refractivity contribution in [3.8, 4) is 0 Å². The summed E-state index contributed by atoms with van der Waals surface area (Å²) in [5.74, 6) is -0.508. The molecule has 0 radical (unpaired) electrons. The van der Waals surface area contributed by atoms with Crippen LogP contribution in [0.1, 0.15) is 37.3 Å². The molecule has 0 aliphatic carbocycles. The smallest absolute Gasteiger partial charge is 0.276 e. The summed E-state index contributed by atoms with van der Waals surface area (Å²) in [5.41, 5.74) is -0.0608. The van der Waals surface area contributed by atoms with Crippen LogP contribution in [0, 0.1) is 0 Å². The number of carbonyl (C=O) groups is 2. The van der Waals surface area contributed by atoms with Gasteiger partial charge in [-0.3, -0.25) is 9.59 Å². The summed E-state index contributed by atoms with van der Waals surface area (Å²) >= 11 is 0. The van der Waals surface area contributed by atoms with Crippen LogP contribution in [0.5, 0.6) is 0 Å². The molecule has 1 saturated heterocycles. The molecular weight excluding hydrogens is 272 g/mol. The van der Waals surface area contributed by atoms with Crippen LogP contribution in [0.4, 0.5) is 0 Å². The van der Waals surface area contributed by atoms with Crippen molar-refractivity contribution in [2.24, 2.45) is 0 Å². The second-order valence-corrected chi connectivity index (χ2v) is 6.36. The molecule has 2 N–H and O–H groups in total. The van der Waals surface area contributed by atoms with Gasteiger partial charge in [0.2, 0.25) is 5.91 Å². The molecule has 2 amide bonds. The first-order valence-corrected chi connectivity index (χ1v) is 6.95. The Morgan fingerprint density at radius 3 is 2.67 bits per heavy atom. The molecule has 0 bridgehead atoms. The summed E-state index contributed by atoms with van der Waals surface area (Å²) < 4.78 is 1.69. The van der Waals surface area contributed by atoms with Gasteiger partial charge in [-0.2, -0.15) is 0 Å². The van der Waals surface area contributed by atoms with Crippen LogP contribution in [0.3, 0.4) is 0 Å². The van der Waals surface area contributed by atoms with E-state index < -0.39 is 0 Å². The first-order chi connectivity index (χ1) is 9.76. The van der Waals surface area contributed by atoms with Gasteiger partial charge >= 0.3 is 0 Å². The number of hydrogen-bond donors (Lipinski definition) is 2. The molecule has 1 aromatic rings. The van der Waals surface area contributed by atoms with Crippen molar-refractivity contribution in [1.82, 2.24) is 30.5 Å². The average Bonchev–Trinajstić information content (AvgIpc) is 2.71. The lowest BCUT2D eigenvalue weighted by Gasteiger charge is -2.26. The molecule has 0 atom stereocenters. The van der Waals surface area contributed by atoms with E-state index in [0.717, 1.165) is 13.1 Å². The number of rotatable bonds is 4. The lowest BCUT2D eigenvalue weighted by atomic mass is 10.1. The SMILES string of the molecule is CN(CC(=O)NC(C)(C)C)C(=O)c1cn(C2CNC2)nn1. The number of nitrogens with one attached hydrogen (secondary N) is 2. The van der Waals surface area contributed by atoms with Gasteiger partial charge in [0.1, 0.15) is 0 Å². The number of hydrogen-bond acceptors (Lipinski definition) is 5. The van der Waals surface area contributed by atoms with E-state index in [1.807, 2.05) is 20.8 Å². The second-order valence-electron chi connectivity index (χ2n) is 6.36. The van der Waals surface area contributed by atoms with Gasteiger partial charge in [0.25, 0.3) is 5.91 Å². The third-order valence-corrected chi connectivity index (χ3v) is 3.11. The minimum Gasteiger partial charge on any atom is -0.350 e. The molecular formula is C13H22N6O2. The fraction of sp³-hybridized carbons (Fsp3) is 0.692. The van der Waals surface area contributed by atoms with Crippen molar-refractivity contribution in [2.45, 2.75) is 32.4 Å². The Balaban J connectivity index is 1.92. The number of carbonyl (C=O) groups excluding carboxylic acids is 2. The molecule has 0 unspecified atom stereocenters. The molecule has 0 spiro atoms. The third-order valence-electron chi connectivity index (χ3n) is 3.11. The highest BCUT2D eigenvalue weighted by Crippen LogP contribution is 2.10. The van der Waals surface area contributed by atoms with Crippen molar-refractivity contribution in [1.29, 1.82) is 0 Å². The monoisotopic (exact) mass is 294 g/mol. The van der Waals surface area contributed by atoms with E-state index >= 15 is 0 Å². The highest BCUT2D eigenvalue weighted by Gasteiger charge is 2.24. The molecule has 8 heteroatoms. The standard InChI is InChI=1S/C13H22N6O2/c1-13(2,3)15-11(20)8-18(4)12(21)10-7-19(17-16-10)9-5-14-6-9/h7,9,14H,5-6,8H2,1-4H3,(H,15,20). The minimum atomic E-state index is -0.318. The van der Waals surface area contributed by atoms with E-state index in [1.165, 1.54) is 4.90 Å². The predicted octanol–water partition coefficient (Wildman–Crippen LogP) is -0.591. The molecule has 1 aliphatic rings. The fourth-order valence-corrected chi connectivity index (χ4v) is 1.95. The zero-order chi connectivity index (χ0) is 15.6. The van der Waals surface area contributed by atoms with Crippen molar-refractivity contribution in [3.63, 3.8) is 0 Å². The van der Waals surface area contributed by atoms with E-state index in [9.17, 15) is 9.59 Å². The van der Waals surface area contributed by atoms with E-state index in [-0.39, 0.29) is 35.6 Å². The Kier molecular flexibility index (Phi) is 4.26. The predicted molar refractivity (Wildman–Crippen MR) is 76.8 cm³/mol. The van der Waals surface area contributed by atoms with E-state index in [4.69, 9.17) is 0 Å². The van der Waals surface area contributed by atoms with Crippen LogP contribution in [0.25, 0.3) is 0 Å². The van der Waals surface area contributed by atoms with E-state index in [2.05, 4.69) is 20.9 Å². The molecule has 0 aromatic carbocycles. The van der Waals surface area contributed by atoms with Gasteiger partial charge in [0, 0.05) is 25.7 Å². The van der Waals surface area contributed by atoms with Crippen LogP contribution in [-0.4, -0.2) is 63.9 Å².